The standard InChI is InChI=1S/C10H11N3O2/c11-8-2-1-7-6-13(4-3-10(14)15)12-9(7)5-8/h1-2,5-6H,3-4,11H2,(H,14,15). The van der Waals surface area contributed by atoms with E-state index in [0.29, 0.717) is 12.2 Å². The normalized spacial score (nSPS) is 10.7. The van der Waals surface area contributed by atoms with Crippen LogP contribution in [0.25, 0.3) is 10.9 Å². The Balaban J connectivity index is 2.27. The number of anilines is 1. The number of fused-ring (bicyclic) bond motifs is 1. The van der Waals surface area contributed by atoms with E-state index in [1.54, 1.807) is 16.8 Å². The molecule has 0 atom stereocenters. The van der Waals surface area contributed by atoms with E-state index >= 15 is 0 Å². The van der Waals surface area contributed by atoms with Crippen LogP contribution in [0.15, 0.2) is 24.4 Å². The summed E-state index contributed by atoms with van der Waals surface area (Å²) in [7, 11) is 0. The number of nitrogens with zero attached hydrogens (tertiary/aromatic N) is 2. The van der Waals surface area contributed by atoms with Gasteiger partial charge in [0.15, 0.2) is 0 Å². The summed E-state index contributed by atoms with van der Waals surface area (Å²) in [6.07, 6.45) is 1.89. The smallest absolute Gasteiger partial charge is 0.305 e. The van der Waals surface area contributed by atoms with Crippen LogP contribution in [0.5, 0.6) is 0 Å². The van der Waals surface area contributed by atoms with Gasteiger partial charge >= 0.3 is 5.97 Å². The molecule has 0 spiro atoms. The highest BCUT2D eigenvalue weighted by atomic mass is 16.4. The minimum Gasteiger partial charge on any atom is -0.481 e. The topological polar surface area (TPSA) is 81.1 Å². The lowest BCUT2D eigenvalue weighted by Crippen LogP contribution is -2.04. The van der Waals surface area contributed by atoms with E-state index in [2.05, 4.69) is 5.10 Å². The highest BCUT2D eigenvalue weighted by Gasteiger charge is 2.02. The number of nitrogen functional groups attached to an aromatic ring is 1. The first-order valence-corrected chi connectivity index (χ1v) is 4.59. The first-order chi connectivity index (χ1) is 7.15. The fourth-order valence-electron chi connectivity index (χ4n) is 1.41. The van der Waals surface area contributed by atoms with Crippen LogP contribution in [-0.4, -0.2) is 20.9 Å². The Hall–Kier alpha value is -2.04. The molecule has 3 N–H and O–H groups in total. The minimum absolute atomic E-state index is 0.0729. The molecule has 1 heterocycles. The number of carboxylic acid groups (broad SMARTS) is 1. The maximum atomic E-state index is 10.4. The number of carbonyl (C=O) groups is 1. The van der Waals surface area contributed by atoms with Crippen molar-refractivity contribution < 1.29 is 9.90 Å². The zero-order valence-corrected chi connectivity index (χ0v) is 8.05. The van der Waals surface area contributed by atoms with Crippen LogP contribution < -0.4 is 5.73 Å². The molecule has 2 aromatic rings. The van der Waals surface area contributed by atoms with Crippen LogP contribution in [-0.2, 0) is 11.3 Å². The third-order valence-electron chi connectivity index (χ3n) is 2.13. The van der Waals surface area contributed by atoms with Gasteiger partial charge < -0.3 is 10.8 Å². The molecular formula is C10H11N3O2. The van der Waals surface area contributed by atoms with Gasteiger partial charge in [0.25, 0.3) is 0 Å². The molecule has 2 rings (SSSR count). The van der Waals surface area contributed by atoms with Crippen molar-refractivity contribution in [3.63, 3.8) is 0 Å². The van der Waals surface area contributed by atoms with E-state index in [-0.39, 0.29) is 6.42 Å². The Morgan fingerprint density at radius 3 is 3.07 bits per heavy atom. The lowest BCUT2D eigenvalue weighted by molar-refractivity contribution is -0.137. The molecule has 0 amide bonds. The highest BCUT2D eigenvalue weighted by Crippen LogP contribution is 2.15. The number of rotatable bonds is 3. The fourth-order valence-corrected chi connectivity index (χ4v) is 1.41. The fraction of sp³-hybridized carbons (Fsp3) is 0.200. The van der Waals surface area contributed by atoms with Crippen LogP contribution >= 0.6 is 0 Å². The molecule has 0 unspecified atom stereocenters. The molecule has 5 nitrogen and oxygen atoms in total. The molecule has 15 heavy (non-hydrogen) atoms. The Morgan fingerprint density at radius 2 is 2.33 bits per heavy atom. The molecule has 1 aromatic carbocycles. The van der Waals surface area contributed by atoms with Crippen molar-refractivity contribution >= 4 is 22.6 Å². The summed E-state index contributed by atoms with van der Waals surface area (Å²) in [4.78, 5) is 10.4. The number of aromatic nitrogens is 2. The van der Waals surface area contributed by atoms with Gasteiger partial charge in [0.1, 0.15) is 0 Å². The van der Waals surface area contributed by atoms with E-state index in [1.807, 2.05) is 12.3 Å². The molecular weight excluding hydrogens is 194 g/mol. The van der Waals surface area contributed by atoms with Gasteiger partial charge in [-0.2, -0.15) is 5.10 Å². The zero-order chi connectivity index (χ0) is 10.8. The molecule has 0 radical (unpaired) electrons. The van der Waals surface area contributed by atoms with Crippen molar-refractivity contribution in [3.8, 4) is 0 Å². The molecule has 0 fully saturated rings. The number of hydrogen-bond acceptors (Lipinski definition) is 3. The predicted octanol–water partition coefficient (Wildman–Crippen LogP) is 1.09. The first kappa shape index (κ1) is 9.51. The van der Waals surface area contributed by atoms with E-state index < -0.39 is 5.97 Å². The van der Waals surface area contributed by atoms with E-state index in [4.69, 9.17) is 10.8 Å². The molecule has 1 aromatic heterocycles. The van der Waals surface area contributed by atoms with Crippen LogP contribution in [0.3, 0.4) is 0 Å². The third kappa shape index (κ3) is 2.07. The average molecular weight is 205 g/mol. The van der Waals surface area contributed by atoms with E-state index in [1.165, 1.54) is 0 Å². The number of benzene rings is 1. The summed E-state index contributed by atoms with van der Waals surface area (Å²) in [6.45, 7) is 0.379. The molecule has 5 heteroatoms. The lowest BCUT2D eigenvalue weighted by Gasteiger charge is -1.95. The van der Waals surface area contributed by atoms with Crippen LogP contribution in [0.2, 0.25) is 0 Å². The Morgan fingerprint density at radius 1 is 1.53 bits per heavy atom. The molecule has 0 saturated heterocycles. The van der Waals surface area contributed by atoms with Gasteiger partial charge in [-0.05, 0) is 18.2 Å². The van der Waals surface area contributed by atoms with Crippen LogP contribution in [0, 0.1) is 0 Å². The van der Waals surface area contributed by atoms with Gasteiger partial charge in [-0.3, -0.25) is 9.48 Å². The van der Waals surface area contributed by atoms with Crippen molar-refractivity contribution in [1.82, 2.24) is 9.78 Å². The van der Waals surface area contributed by atoms with Gasteiger partial charge in [0, 0.05) is 17.3 Å². The van der Waals surface area contributed by atoms with E-state index in [9.17, 15) is 4.79 Å². The second kappa shape index (κ2) is 3.61. The van der Waals surface area contributed by atoms with Crippen LogP contribution in [0.1, 0.15) is 6.42 Å². The summed E-state index contributed by atoms with van der Waals surface area (Å²) >= 11 is 0. The largest absolute Gasteiger partial charge is 0.481 e. The molecule has 0 aliphatic carbocycles. The number of hydrogen-bond donors (Lipinski definition) is 2. The minimum atomic E-state index is -0.825. The summed E-state index contributed by atoms with van der Waals surface area (Å²) in [5, 5.41) is 13.7. The van der Waals surface area contributed by atoms with E-state index in [0.717, 1.165) is 10.9 Å². The zero-order valence-electron chi connectivity index (χ0n) is 8.05. The number of aliphatic carboxylic acids is 1. The third-order valence-corrected chi connectivity index (χ3v) is 2.13. The molecule has 78 valence electrons. The van der Waals surface area contributed by atoms with Crippen molar-refractivity contribution in [3.05, 3.63) is 24.4 Å². The lowest BCUT2D eigenvalue weighted by atomic mass is 10.2. The van der Waals surface area contributed by atoms with Crippen molar-refractivity contribution in [2.45, 2.75) is 13.0 Å². The number of nitrogens with two attached hydrogens (primary N) is 1. The quantitative estimate of drug-likeness (QED) is 0.735. The van der Waals surface area contributed by atoms with Crippen molar-refractivity contribution in [2.24, 2.45) is 0 Å². The average Bonchev–Trinajstić information content (AvgIpc) is 2.56. The highest BCUT2D eigenvalue weighted by molar-refractivity contribution is 5.81. The molecule has 0 bridgehead atoms. The van der Waals surface area contributed by atoms with Gasteiger partial charge in [-0.25, -0.2) is 0 Å². The van der Waals surface area contributed by atoms with Crippen molar-refractivity contribution in [2.75, 3.05) is 5.73 Å². The Labute approximate surface area is 86.1 Å². The Bertz CT molecular complexity index is 504. The maximum Gasteiger partial charge on any atom is 0.305 e. The predicted molar refractivity (Wildman–Crippen MR) is 56.4 cm³/mol. The van der Waals surface area contributed by atoms with Gasteiger partial charge in [-0.1, -0.05) is 0 Å². The van der Waals surface area contributed by atoms with Crippen LogP contribution in [0.4, 0.5) is 5.69 Å². The van der Waals surface area contributed by atoms with Crippen molar-refractivity contribution in [1.29, 1.82) is 0 Å². The Kier molecular flexibility index (Phi) is 2.29. The van der Waals surface area contributed by atoms with Gasteiger partial charge in [0.05, 0.1) is 18.5 Å². The number of carboxylic acids is 1. The molecule has 0 aliphatic rings. The monoisotopic (exact) mass is 205 g/mol. The summed E-state index contributed by atoms with van der Waals surface area (Å²) < 4.78 is 1.62. The van der Waals surface area contributed by atoms with Gasteiger partial charge in [-0.15, -0.1) is 0 Å². The molecule has 0 aliphatic heterocycles. The summed E-state index contributed by atoms with van der Waals surface area (Å²) in [5.74, 6) is -0.825. The maximum absolute atomic E-state index is 10.4. The summed E-state index contributed by atoms with van der Waals surface area (Å²) in [5.41, 5.74) is 7.06. The number of aryl methyl sites for hydroxylation is 1. The molecule has 0 saturated carbocycles. The SMILES string of the molecule is Nc1ccc2cn(CCC(=O)O)nc2c1. The summed E-state index contributed by atoms with van der Waals surface area (Å²) in [6, 6.07) is 5.44. The first-order valence-electron chi connectivity index (χ1n) is 4.59. The second-order valence-corrected chi connectivity index (χ2v) is 3.35. The van der Waals surface area contributed by atoms with Gasteiger partial charge in [0.2, 0.25) is 0 Å². The second-order valence-electron chi connectivity index (χ2n) is 3.35.